The SMILES string of the molecule is CCC(C)O.CCC(C)O.CCC(C)O.[CH3][Ti]([CH3])([CH3])([CH3])[C]1=CC=CC1. The van der Waals surface area contributed by atoms with Crippen molar-refractivity contribution in [2.75, 3.05) is 0 Å². The van der Waals surface area contributed by atoms with Crippen molar-refractivity contribution < 1.29 is 30.6 Å². The number of allylic oxidation sites excluding steroid dienone is 4. The van der Waals surface area contributed by atoms with Gasteiger partial charge < -0.3 is 15.3 Å². The molecule has 0 radical (unpaired) electrons. The Morgan fingerprint density at radius 2 is 1.08 bits per heavy atom. The summed E-state index contributed by atoms with van der Waals surface area (Å²) in [7, 11) is 0. The molecule has 0 saturated carbocycles. The van der Waals surface area contributed by atoms with Gasteiger partial charge in [-0.1, -0.05) is 20.8 Å². The zero-order valence-corrected chi connectivity index (χ0v) is 20.2. The molecular formula is C21H47O3Ti. The van der Waals surface area contributed by atoms with Gasteiger partial charge in [0.2, 0.25) is 0 Å². The summed E-state index contributed by atoms with van der Waals surface area (Å²) in [6.07, 6.45) is 10.2. The fraction of sp³-hybridized carbons (Fsp3) is 0.810. The molecule has 0 heterocycles. The number of hydrogen-bond donors (Lipinski definition) is 3. The maximum absolute atomic E-state index is 8.36. The van der Waals surface area contributed by atoms with E-state index in [2.05, 4.69) is 39.1 Å². The summed E-state index contributed by atoms with van der Waals surface area (Å²) in [6.45, 7) is 11.2. The van der Waals surface area contributed by atoms with Crippen molar-refractivity contribution in [2.45, 2.75) is 106 Å². The summed E-state index contributed by atoms with van der Waals surface area (Å²) >= 11 is -2.02. The van der Waals surface area contributed by atoms with Gasteiger partial charge in [-0.05, 0) is 40.0 Å². The molecule has 3 N–H and O–H groups in total. The normalized spacial score (nSPS) is 17.8. The van der Waals surface area contributed by atoms with Crippen molar-refractivity contribution in [3.8, 4) is 0 Å². The van der Waals surface area contributed by atoms with E-state index >= 15 is 0 Å². The van der Waals surface area contributed by atoms with E-state index < -0.39 is 15.3 Å². The number of hydrogen-bond acceptors (Lipinski definition) is 3. The Labute approximate surface area is 159 Å². The molecule has 1 aliphatic carbocycles. The van der Waals surface area contributed by atoms with Crippen LogP contribution >= 0.6 is 0 Å². The van der Waals surface area contributed by atoms with Gasteiger partial charge in [0.15, 0.2) is 0 Å². The zero-order chi connectivity index (χ0) is 20.7. The molecule has 0 aliphatic heterocycles. The molecular weight excluding hydrogens is 348 g/mol. The van der Waals surface area contributed by atoms with Crippen LogP contribution in [0.3, 0.4) is 0 Å². The standard InChI is InChI=1S/C5H5.3C4H10O.4CH3.Ti/c1-2-4-5-3-1;3*1-3-4(2)5;;;;;/h1-3H,4H2;3*4-5H,3H2,1-2H3;4*1H3;. The van der Waals surface area contributed by atoms with Gasteiger partial charge in [-0.2, -0.15) is 0 Å². The van der Waals surface area contributed by atoms with E-state index in [1.165, 1.54) is 6.42 Å². The Balaban J connectivity index is -0.000000279. The molecule has 0 fully saturated rings. The van der Waals surface area contributed by atoms with Crippen LogP contribution in [0.2, 0.25) is 20.9 Å². The van der Waals surface area contributed by atoms with Crippen LogP contribution in [0.1, 0.15) is 67.2 Å². The van der Waals surface area contributed by atoms with Gasteiger partial charge in [-0.25, -0.2) is 0 Å². The van der Waals surface area contributed by atoms with Crippen LogP contribution in [0.5, 0.6) is 0 Å². The molecule has 0 bridgehead atoms. The predicted molar refractivity (Wildman–Crippen MR) is 111 cm³/mol. The van der Waals surface area contributed by atoms with E-state index in [-0.39, 0.29) is 18.3 Å². The first-order valence-corrected chi connectivity index (χ1v) is 16.8. The average Bonchev–Trinajstić information content (AvgIpc) is 3.03. The summed E-state index contributed by atoms with van der Waals surface area (Å²) in [5.74, 6) is 0. The van der Waals surface area contributed by atoms with Crippen LogP contribution in [0.4, 0.5) is 0 Å². The van der Waals surface area contributed by atoms with Crippen molar-refractivity contribution in [3.05, 3.63) is 22.1 Å². The Bertz CT molecular complexity index is 333. The molecule has 0 aromatic heterocycles. The van der Waals surface area contributed by atoms with E-state index in [4.69, 9.17) is 15.3 Å². The molecule has 0 saturated heterocycles. The molecule has 0 amide bonds. The molecule has 153 valence electrons. The van der Waals surface area contributed by atoms with Crippen molar-refractivity contribution in [1.29, 1.82) is 0 Å². The second-order valence-electron chi connectivity index (χ2n) is 9.10. The monoisotopic (exact) mass is 395 g/mol. The van der Waals surface area contributed by atoms with Crippen molar-refractivity contribution in [1.82, 2.24) is 0 Å². The van der Waals surface area contributed by atoms with E-state index in [0.717, 1.165) is 19.3 Å². The van der Waals surface area contributed by atoms with Gasteiger partial charge in [0.25, 0.3) is 0 Å². The average molecular weight is 395 g/mol. The van der Waals surface area contributed by atoms with Crippen LogP contribution in [-0.2, 0) is 15.3 Å². The van der Waals surface area contributed by atoms with Crippen LogP contribution in [0.15, 0.2) is 22.1 Å². The third kappa shape index (κ3) is 26.4. The van der Waals surface area contributed by atoms with E-state index in [9.17, 15) is 0 Å². The number of rotatable bonds is 4. The number of aliphatic hydroxyl groups excluding tert-OH is 3. The quantitative estimate of drug-likeness (QED) is 0.508. The first-order valence-electron chi connectivity index (χ1n) is 9.82. The second-order valence-corrected chi connectivity index (χ2v) is 22.6. The van der Waals surface area contributed by atoms with Crippen molar-refractivity contribution in [3.63, 3.8) is 0 Å². The van der Waals surface area contributed by atoms with E-state index in [1.807, 2.05) is 20.8 Å². The third-order valence-electron chi connectivity index (χ3n) is 3.83. The molecule has 0 spiro atoms. The molecule has 25 heavy (non-hydrogen) atoms. The van der Waals surface area contributed by atoms with Gasteiger partial charge in [0, 0.05) is 0 Å². The molecule has 1 aliphatic rings. The first kappa shape index (κ1) is 29.8. The first-order chi connectivity index (χ1) is 11.2. The summed E-state index contributed by atoms with van der Waals surface area (Å²) < 4.78 is 1.72. The van der Waals surface area contributed by atoms with Crippen LogP contribution < -0.4 is 0 Å². The summed E-state index contributed by atoms with van der Waals surface area (Å²) in [6, 6.07) is 0. The summed E-state index contributed by atoms with van der Waals surface area (Å²) in [4.78, 5) is 0. The molecule has 4 heteroatoms. The van der Waals surface area contributed by atoms with Crippen LogP contribution in [0, 0.1) is 0 Å². The maximum atomic E-state index is 8.36. The Kier molecular flexibility index (Phi) is 18.1. The van der Waals surface area contributed by atoms with Gasteiger partial charge >= 0.3 is 64.7 Å². The number of aliphatic hydroxyl groups is 3. The Morgan fingerprint density at radius 3 is 1.16 bits per heavy atom. The molecule has 3 unspecified atom stereocenters. The summed E-state index contributed by atoms with van der Waals surface area (Å²) in [5, 5.41) is 35.0. The molecule has 1 rings (SSSR count). The molecule has 0 aromatic rings. The minimum absolute atomic E-state index is 0.116. The van der Waals surface area contributed by atoms with Crippen molar-refractivity contribution in [2.24, 2.45) is 0 Å². The molecule has 3 nitrogen and oxygen atoms in total. The van der Waals surface area contributed by atoms with Crippen molar-refractivity contribution >= 4 is 0 Å². The van der Waals surface area contributed by atoms with Gasteiger partial charge in [0.05, 0.1) is 18.3 Å². The Morgan fingerprint density at radius 1 is 0.800 bits per heavy atom. The Hall–Kier alpha value is 0.0743. The van der Waals surface area contributed by atoms with Gasteiger partial charge in [-0.15, -0.1) is 0 Å². The second kappa shape index (κ2) is 15.2. The van der Waals surface area contributed by atoms with Crippen LogP contribution in [0.25, 0.3) is 0 Å². The zero-order valence-electron chi connectivity index (χ0n) is 18.6. The molecule has 3 atom stereocenters. The van der Waals surface area contributed by atoms with Gasteiger partial charge in [0.1, 0.15) is 0 Å². The third-order valence-corrected chi connectivity index (χ3v) is 8.42. The molecule has 0 aromatic carbocycles. The van der Waals surface area contributed by atoms with Gasteiger partial charge in [-0.3, -0.25) is 0 Å². The van der Waals surface area contributed by atoms with E-state index in [1.54, 1.807) is 24.6 Å². The summed E-state index contributed by atoms with van der Waals surface area (Å²) in [5.41, 5.74) is 0. The topological polar surface area (TPSA) is 60.7 Å². The van der Waals surface area contributed by atoms with E-state index in [0.29, 0.717) is 0 Å². The fourth-order valence-electron chi connectivity index (χ4n) is 1.19. The minimum atomic E-state index is -2.02. The fourth-order valence-corrected chi connectivity index (χ4v) is 3.84. The van der Waals surface area contributed by atoms with Crippen LogP contribution in [-0.4, -0.2) is 33.6 Å². The predicted octanol–water partition coefficient (Wildman–Crippen LogP) is 6.04.